The summed E-state index contributed by atoms with van der Waals surface area (Å²) in [6.07, 6.45) is 1.78. The van der Waals surface area contributed by atoms with E-state index in [2.05, 4.69) is 5.32 Å². The van der Waals surface area contributed by atoms with Gasteiger partial charge in [0.15, 0.2) is 11.5 Å². The Labute approximate surface area is 141 Å². The summed E-state index contributed by atoms with van der Waals surface area (Å²) in [5.74, 6) is 1.68. The van der Waals surface area contributed by atoms with Crippen LogP contribution >= 0.6 is 0 Å². The molecule has 126 valence electrons. The second-order valence-electron chi connectivity index (χ2n) is 5.10. The average Bonchev–Trinajstić information content (AvgIpc) is 2.61. The lowest BCUT2D eigenvalue weighted by Gasteiger charge is -2.10. The van der Waals surface area contributed by atoms with Crippen LogP contribution in [0.15, 0.2) is 48.0 Å². The van der Waals surface area contributed by atoms with Gasteiger partial charge in [-0.2, -0.15) is 0 Å². The van der Waals surface area contributed by atoms with Crippen molar-refractivity contribution in [1.82, 2.24) is 0 Å². The molecule has 24 heavy (non-hydrogen) atoms. The number of nitrogens with one attached hydrogen (secondary N) is 1. The molecule has 1 N–H and O–H groups in total. The molecule has 0 saturated heterocycles. The number of carbonyl (C=O) groups is 1. The number of methoxy groups -OCH3 is 3. The minimum absolute atomic E-state index is 0.200. The fraction of sp³-hybridized carbons (Fsp3) is 0.211. The number of benzene rings is 2. The van der Waals surface area contributed by atoms with Crippen molar-refractivity contribution in [1.29, 1.82) is 0 Å². The Morgan fingerprint density at radius 2 is 1.58 bits per heavy atom. The maximum absolute atomic E-state index is 12.4. The Bertz CT molecular complexity index is 753. The molecule has 1 amide bonds. The van der Waals surface area contributed by atoms with Crippen LogP contribution in [0.3, 0.4) is 0 Å². The Hall–Kier alpha value is -2.95. The second kappa shape index (κ2) is 8.06. The molecule has 2 aromatic carbocycles. The van der Waals surface area contributed by atoms with Crippen LogP contribution in [0.4, 0.5) is 5.69 Å². The molecule has 0 unspecified atom stereocenters. The van der Waals surface area contributed by atoms with Crippen LogP contribution in [-0.4, -0.2) is 27.2 Å². The topological polar surface area (TPSA) is 56.8 Å². The third-order valence-corrected chi connectivity index (χ3v) is 3.50. The van der Waals surface area contributed by atoms with Crippen LogP contribution < -0.4 is 19.5 Å². The monoisotopic (exact) mass is 327 g/mol. The zero-order valence-electron chi connectivity index (χ0n) is 14.3. The lowest BCUT2D eigenvalue weighted by molar-refractivity contribution is -0.112. The van der Waals surface area contributed by atoms with Gasteiger partial charge in [0.25, 0.3) is 5.91 Å². The predicted octanol–water partition coefficient (Wildman–Crippen LogP) is 3.75. The molecule has 5 nitrogen and oxygen atoms in total. The first-order chi connectivity index (χ1) is 11.6. The zero-order chi connectivity index (χ0) is 17.5. The average molecular weight is 327 g/mol. The molecule has 5 heteroatoms. The van der Waals surface area contributed by atoms with Gasteiger partial charge in [-0.3, -0.25) is 4.79 Å². The predicted molar refractivity (Wildman–Crippen MR) is 94.8 cm³/mol. The number of para-hydroxylation sites is 2. The second-order valence-corrected chi connectivity index (χ2v) is 5.10. The molecule has 0 aliphatic rings. The molecule has 0 fully saturated rings. The van der Waals surface area contributed by atoms with Crippen LogP contribution in [0.25, 0.3) is 6.08 Å². The van der Waals surface area contributed by atoms with Crippen molar-refractivity contribution in [3.05, 3.63) is 53.6 Å². The van der Waals surface area contributed by atoms with Crippen molar-refractivity contribution >= 4 is 17.7 Å². The molecule has 0 aliphatic heterocycles. The minimum Gasteiger partial charge on any atom is -0.495 e. The molecule has 0 atom stereocenters. The molecule has 0 saturated carbocycles. The smallest absolute Gasteiger partial charge is 0.251 e. The van der Waals surface area contributed by atoms with E-state index in [9.17, 15) is 4.79 Å². The fourth-order valence-electron chi connectivity index (χ4n) is 2.23. The highest BCUT2D eigenvalue weighted by molar-refractivity contribution is 6.06. The molecule has 0 heterocycles. The van der Waals surface area contributed by atoms with Gasteiger partial charge in [-0.1, -0.05) is 18.2 Å². The van der Waals surface area contributed by atoms with Crippen molar-refractivity contribution < 1.29 is 19.0 Å². The quantitative estimate of drug-likeness (QED) is 0.821. The summed E-state index contributed by atoms with van der Waals surface area (Å²) in [6, 6.07) is 12.8. The molecule has 0 bridgehead atoms. The number of anilines is 1. The lowest BCUT2D eigenvalue weighted by Crippen LogP contribution is -2.13. The first kappa shape index (κ1) is 17.4. The molecule has 2 aromatic rings. The number of amides is 1. The molecular weight excluding hydrogens is 306 g/mol. The van der Waals surface area contributed by atoms with E-state index < -0.39 is 0 Å². The molecule has 0 radical (unpaired) electrons. The van der Waals surface area contributed by atoms with Crippen LogP contribution in [0.1, 0.15) is 12.5 Å². The third kappa shape index (κ3) is 4.07. The van der Waals surface area contributed by atoms with Crippen molar-refractivity contribution in [3.63, 3.8) is 0 Å². The summed E-state index contributed by atoms with van der Waals surface area (Å²) in [5, 5.41) is 2.84. The molecular formula is C19H21NO4. The van der Waals surface area contributed by atoms with E-state index in [1.165, 1.54) is 0 Å². The summed E-state index contributed by atoms with van der Waals surface area (Å²) in [4.78, 5) is 12.4. The van der Waals surface area contributed by atoms with E-state index in [0.29, 0.717) is 28.5 Å². The van der Waals surface area contributed by atoms with E-state index in [-0.39, 0.29) is 5.91 Å². The van der Waals surface area contributed by atoms with Gasteiger partial charge in [0.05, 0.1) is 27.0 Å². The number of ether oxygens (including phenoxy) is 3. The van der Waals surface area contributed by atoms with Gasteiger partial charge < -0.3 is 19.5 Å². The standard InChI is InChI=1S/C19H21NO4/c1-13(11-14-9-10-17(23-3)18(12-14)24-4)19(21)20-15-7-5-6-8-16(15)22-2/h5-12H,1-4H3,(H,20,21)/b13-11+. The maximum Gasteiger partial charge on any atom is 0.251 e. The SMILES string of the molecule is COc1ccccc1NC(=O)/C(C)=C/c1ccc(OC)c(OC)c1. The summed E-state index contributed by atoms with van der Waals surface area (Å²) in [7, 11) is 4.73. The highest BCUT2D eigenvalue weighted by atomic mass is 16.5. The highest BCUT2D eigenvalue weighted by Crippen LogP contribution is 2.29. The van der Waals surface area contributed by atoms with Crippen molar-refractivity contribution in [2.24, 2.45) is 0 Å². The van der Waals surface area contributed by atoms with Gasteiger partial charge in [-0.25, -0.2) is 0 Å². The first-order valence-electron chi connectivity index (χ1n) is 7.43. The van der Waals surface area contributed by atoms with E-state index >= 15 is 0 Å². The highest BCUT2D eigenvalue weighted by Gasteiger charge is 2.09. The third-order valence-electron chi connectivity index (χ3n) is 3.50. The van der Waals surface area contributed by atoms with Gasteiger partial charge in [-0.15, -0.1) is 0 Å². The summed E-state index contributed by atoms with van der Waals surface area (Å²) in [6.45, 7) is 1.75. The normalized spacial score (nSPS) is 10.9. The Kier molecular flexibility index (Phi) is 5.84. The van der Waals surface area contributed by atoms with Gasteiger partial charge >= 0.3 is 0 Å². The summed E-state index contributed by atoms with van der Waals surface area (Å²) in [5.41, 5.74) is 2.04. The van der Waals surface area contributed by atoms with Gasteiger partial charge in [0, 0.05) is 5.57 Å². The van der Waals surface area contributed by atoms with Gasteiger partial charge in [0.2, 0.25) is 0 Å². The Morgan fingerprint density at radius 1 is 0.917 bits per heavy atom. The van der Waals surface area contributed by atoms with Crippen molar-refractivity contribution in [2.45, 2.75) is 6.92 Å². The molecule has 0 aromatic heterocycles. The van der Waals surface area contributed by atoms with Crippen LogP contribution in [0.2, 0.25) is 0 Å². The molecule has 0 spiro atoms. The van der Waals surface area contributed by atoms with E-state index in [0.717, 1.165) is 5.56 Å². The largest absolute Gasteiger partial charge is 0.495 e. The summed E-state index contributed by atoms with van der Waals surface area (Å²) >= 11 is 0. The van der Waals surface area contributed by atoms with E-state index in [4.69, 9.17) is 14.2 Å². The summed E-state index contributed by atoms with van der Waals surface area (Å²) < 4.78 is 15.7. The lowest BCUT2D eigenvalue weighted by atomic mass is 10.1. The number of rotatable bonds is 6. The van der Waals surface area contributed by atoms with Crippen LogP contribution in [0.5, 0.6) is 17.2 Å². The number of hydrogen-bond acceptors (Lipinski definition) is 4. The van der Waals surface area contributed by atoms with E-state index in [1.807, 2.05) is 24.3 Å². The Morgan fingerprint density at radius 3 is 2.25 bits per heavy atom. The van der Waals surface area contributed by atoms with Crippen molar-refractivity contribution in [3.8, 4) is 17.2 Å². The van der Waals surface area contributed by atoms with Gasteiger partial charge in [-0.05, 0) is 42.8 Å². The van der Waals surface area contributed by atoms with Gasteiger partial charge in [0.1, 0.15) is 5.75 Å². The fourth-order valence-corrected chi connectivity index (χ4v) is 2.23. The zero-order valence-corrected chi connectivity index (χ0v) is 14.3. The molecule has 2 rings (SSSR count). The van der Waals surface area contributed by atoms with Crippen molar-refractivity contribution in [2.75, 3.05) is 26.6 Å². The number of carbonyl (C=O) groups excluding carboxylic acids is 1. The first-order valence-corrected chi connectivity index (χ1v) is 7.43. The Balaban J connectivity index is 2.19. The van der Waals surface area contributed by atoms with Crippen LogP contribution in [-0.2, 0) is 4.79 Å². The molecule has 0 aliphatic carbocycles. The van der Waals surface area contributed by atoms with E-state index in [1.54, 1.807) is 52.5 Å². The minimum atomic E-state index is -0.200. The number of hydrogen-bond donors (Lipinski definition) is 1. The maximum atomic E-state index is 12.4. The van der Waals surface area contributed by atoms with Crippen LogP contribution in [0, 0.1) is 0 Å².